The van der Waals surface area contributed by atoms with E-state index in [1.165, 1.54) is 6.20 Å². The second kappa shape index (κ2) is 6.21. The van der Waals surface area contributed by atoms with Crippen LogP contribution in [0, 0.1) is 0 Å². The van der Waals surface area contributed by atoms with E-state index in [1.54, 1.807) is 6.07 Å². The average Bonchev–Trinajstić information content (AvgIpc) is 2.86. The molecule has 1 atom stereocenters. The largest absolute Gasteiger partial charge is 0.397 e. The smallest absolute Gasteiger partial charge is 0.257 e. The number of rotatable bonds is 4. The lowest BCUT2D eigenvalue weighted by Crippen LogP contribution is -2.36. The van der Waals surface area contributed by atoms with Gasteiger partial charge in [-0.25, -0.2) is 4.98 Å². The normalized spacial score (nSPS) is 18.8. The first kappa shape index (κ1) is 14.1. The van der Waals surface area contributed by atoms with E-state index in [1.807, 2.05) is 4.90 Å². The van der Waals surface area contributed by atoms with Crippen LogP contribution in [0.2, 0.25) is 5.15 Å². The van der Waals surface area contributed by atoms with Gasteiger partial charge in [-0.1, -0.05) is 11.6 Å². The van der Waals surface area contributed by atoms with Crippen molar-refractivity contribution in [1.29, 1.82) is 0 Å². The van der Waals surface area contributed by atoms with Crippen LogP contribution in [0.1, 0.15) is 36.0 Å². The predicted molar refractivity (Wildman–Crippen MR) is 74.0 cm³/mol. The third kappa shape index (κ3) is 3.16. The minimum Gasteiger partial charge on any atom is -0.397 e. The molecular formula is C13H18ClN3O2. The Morgan fingerprint density at radius 2 is 2.42 bits per heavy atom. The highest BCUT2D eigenvalue weighted by molar-refractivity contribution is 6.32. The van der Waals surface area contributed by atoms with Crippen molar-refractivity contribution in [2.45, 2.75) is 31.7 Å². The van der Waals surface area contributed by atoms with Gasteiger partial charge in [0, 0.05) is 19.2 Å². The molecule has 0 spiro atoms. The first-order valence-electron chi connectivity index (χ1n) is 6.46. The van der Waals surface area contributed by atoms with Gasteiger partial charge in [0.2, 0.25) is 0 Å². The molecular weight excluding hydrogens is 266 g/mol. The van der Waals surface area contributed by atoms with Crippen LogP contribution < -0.4 is 5.73 Å². The Hall–Kier alpha value is -1.33. The number of aliphatic hydroxyl groups is 1. The quantitative estimate of drug-likeness (QED) is 0.824. The average molecular weight is 284 g/mol. The molecule has 0 aromatic carbocycles. The molecule has 1 aliphatic heterocycles. The summed E-state index contributed by atoms with van der Waals surface area (Å²) in [6.07, 6.45) is 4.91. The lowest BCUT2D eigenvalue weighted by Gasteiger charge is -2.25. The summed E-state index contributed by atoms with van der Waals surface area (Å²) in [5, 5.41) is 9.08. The molecule has 0 aliphatic carbocycles. The highest BCUT2D eigenvalue weighted by Gasteiger charge is 2.30. The summed E-state index contributed by atoms with van der Waals surface area (Å²) in [5.41, 5.74) is 6.44. The topological polar surface area (TPSA) is 79.5 Å². The number of anilines is 1. The third-order valence-corrected chi connectivity index (χ3v) is 3.73. The van der Waals surface area contributed by atoms with Gasteiger partial charge in [-0.15, -0.1) is 0 Å². The Morgan fingerprint density at radius 1 is 1.63 bits per heavy atom. The number of nitrogen functional groups attached to an aromatic ring is 1. The number of hydrogen-bond acceptors (Lipinski definition) is 4. The number of carbonyl (C=O) groups is 1. The number of nitrogens with zero attached hydrogens (tertiary/aromatic N) is 2. The van der Waals surface area contributed by atoms with Gasteiger partial charge in [0.1, 0.15) is 5.15 Å². The van der Waals surface area contributed by atoms with Gasteiger partial charge in [-0.2, -0.15) is 0 Å². The number of hydrogen-bond donors (Lipinski definition) is 2. The minimum absolute atomic E-state index is 0.120. The van der Waals surface area contributed by atoms with Crippen LogP contribution in [0.15, 0.2) is 12.3 Å². The van der Waals surface area contributed by atoms with Crippen LogP contribution in [-0.4, -0.2) is 40.1 Å². The lowest BCUT2D eigenvalue weighted by atomic mass is 10.1. The lowest BCUT2D eigenvalue weighted by molar-refractivity contribution is 0.0724. The van der Waals surface area contributed by atoms with Crippen LogP contribution in [-0.2, 0) is 0 Å². The molecule has 0 saturated carbocycles. The molecule has 1 amide bonds. The van der Waals surface area contributed by atoms with Gasteiger partial charge >= 0.3 is 0 Å². The number of aromatic nitrogens is 1. The zero-order chi connectivity index (χ0) is 13.8. The van der Waals surface area contributed by atoms with Crippen LogP contribution in [0.4, 0.5) is 5.69 Å². The molecule has 1 aliphatic rings. The number of amides is 1. The van der Waals surface area contributed by atoms with Gasteiger partial charge in [-0.05, 0) is 31.7 Å². The highest BCUT2D eigenvalue weighted by atomic mass is 35.5. The summed E-state index contributed by atoms with van der Waals surface area (Å²) < 4.78 is 0. The second-order valence-electron chi connectivity index (χ2n) is 4.77. The number of aliphatic hydroxyl groups excluding tert-OH is 1. The Balaban J connectivity index is 2.16. The van der Waals surface area contributed by atoms with Gasteiger partial charge in [-0.3, -0.25) is 4.79 Å². The summed E-state index contributed by atoms with van der Waals surface area (Å²) in [6.45, 7) is 0.874. The summed E-state index contributed by atoms with van der Waals surface area (Å²) in [5.74, 6) is -0.120. The first-order valence-corrected chi connectivity index (χ1v) is 6.84. The van der Waals surface area contributed by atoms with Gasteiger partial charge in [0.15, 0.2) is 0 Å². The number of nitrogens with two attached hydrogens (primary N) is 1. The molecule has 0 radical (unpaired) electrons. The van der Waals surface area contributed by atoms with Crippen molar-refractivity contribution in [3.05, 3.63) is 23.0 Å². The third-order valence-electron chi connectivity index (χ3n) is 3.42. The van der Waals surface area contributed by atoms with Gasteiger partial charge in [0.25, 0.3) is 5.91 Å². The first-order chi connectivity index (χ1) is 9.13. The molecule has 2 heterocycles. The maximum absolute atomic E-state index is 12.5. The molecule has 104 valence electrons. The molecule has 1 unspecified atom stereocenters. The Labute approximate surface area is 117 Å². The van der Waals surface area contributed by atoms with E-state index in [0.717, 1.165) is 25.8 Å². The standard InChI is InChI=1S/C13H18ClN3O2/c14-12-11(7-9(15)8-16-12)13(19)17-5-1-3-10(17)4-2-6-18/h7-8,10,18H,1-6,15H2. The van der Waals surface area contributed by atoms with E-state index in [2.05, 4.69) is 4.98 Å². The Kier molecular flexibility index (Phi) is 4.61. The summed E-state index contributed by atoms with van der Waals surface area (Å²) >= 11 is 5.97. The zero-order valence-electron chi connectivity index (χ0n) is 10.7. The summed E-state index contributed by atoms with van der Waals surface area (Å²) in [6, 6.07) is 1.75. The molecule has 1 aromatic rings. The van der Waals surface area contributed by atoms with Gasteiger partial charge in [0.05, 0.1) is 17.4 Å². The maximum atomic E-state index is 12.5. The molecule has 19 heavy (non-hydrogen) atoms. The van der Waals surface area contributed by atoms with Crippen molar-refractivity contribution in [1.82, 2.24) is 9.88 Å². The number of likely N-dealkylation sites (tertiary alicyclic amines) is 1. The van der Waals surface area contributed by atoms with Crippen LogP contribution in [0.5, 0.6) is 0 Å². The fourth-order valence-corrected chi connectivity index (χ4v) is 2.68. The Morgan fingerprint density at radius 3 is 3.16 bits per heavy atom. The maximum Gasteiger partial charge on any atom is 0.257 e. The Bertz CT molecular complexity index is 467. The molecule has 6 heteroatoms. The zero-order valence-corrected chi connectivity index (χ0v) is 11.4. The van der Waals surface area contributed by atoms with Crippen LogP contribution >= 0.6 is 11.6 Å². The van der Waals surface area contributed by atoms with Crippen molar-refractivity contribution < 1.29 is 9.90 Å². The summed E-state index contributed by atoms with van der Waals surface area (Å²) in [4.78, 5) is 18.2. The van der Waals surface area contributed by atoms with Gasteiger partial charge < -0.3 is 15.7 Å². The van der Waals surface area contributed by atoms with E-state index in [-0.39, 0.29) is 23.7 Å². The van der Waals surface area contributed by atoms with E-state index in [0.29, 0.717) is 17.7 Å². The SMILES string of the molecule is Nc1cnc(Cl)c(C(=O)N2CCCC2CCCO)c1. The molecule has 1 fully saturated rings. The van der Waals surface area contributed by atoms with Crippen molar-refractivity contribution in [2.24, 2.45) is 0 Å². The monoisotopic (exact) mass is 283 g/mol. The molecule has 0 bridgehead atoms. The van der Waals surface area contributed by atoms with E-state index < -0.39 is 0 Å². The molecule has 1 saturated heterocycles. The van der Waals surface area contributed by atoms with Crippen LogP contribution in [0.3, 0.4) is 0 Å². The molecule has 5 nitrogen and oxygen atoms in total. The minimum atomic E-state index is -0.120. The van der Waals surface area contributed by atoms with Crippen molar-refractivity contribution in [3.8, 4) is 0 Å². The fourth-order valence-electron chi connectivity index (χ4n) is 2.50. The number of pyridine rings is 1. The fraction of sp³-hybridized carbons (Fsp3) is 0.538. The van der Waals surface area contributed by atoms with E-state index in [4.69, 9.17) is 22.4 Å². The van der Waals surface area contributed by atoms with Crippen molar-refractivity contribution in [2.75, 3.05) is 18.9 Å². The molecule has 3 N–H and O–H groups in total. The number of halogens is 1. The van der Waals surface area contributed by atoms with Crippen LogP contribution in [0.25, 0.3) is 0 Å². The van der Waals surface area contributed by atoms with E-state index >= 15 is 0 Å². The molecule has 2 rings (SSSR count). The van der Waals surface area contributed by atoms with E-state index in [9.17, 15) is 4.79 Å². The van der Waals surface area contributed by atoms with Crippen molar-refractivity contribution >= 4 is 23.2 Å². The summed E-state index contributed by atoms with van der Waals surface area (Å²) in [7, 11) is 0. The second-order valence-corrected chi connectivity index (χ2v) is 5.13. The van der Waals surface area contributed by atoms with Crippen molar-refractivity contribution in [3.63, 3.8) is 0 Å². The number of carbonyl (C=O) groups excluding carboxylic acids is 1. The highest BCUT2D eigenvalue weighted by Crippen LogP contribution is 2.26. The predicted octanol–water partition coefficient (Wildman–Crippen LogP) is 1.69. The molecule has 1 aromatic heterocycles.